The van der Waals surface area contributed by atoms with Gasteiger partial charge in [0.05, 0.1) is 6.54 Å². The molecule has 0 aromatic heterocycles. The SMILES string of the molecule is CCN1CCN(C(=O)CN2CCN(c3cc(Cl)ccc3C)CC2)CC1. The summed E-state index contributed by atoms with van der Waals surface area (Å²) in [6.45, 7) is 13.4. The zero-order chi connectivity index (χ0) is 17.8. The van der Waals surface area contributed by atoms with Crippen molar-refractivity contribution in [3.8, 4) is 0 Å². The second kappa shape index (κ2) is 8.39. The van der Waals surface area contributed by atoms with Crippen LogP contribution in [-0.2, 0) is 4.79 Å². The average molecular weight is 365 g/mol. The lowest BCUT2D eigenvalue weighted by atomic mass is 10.1. The third-order valence-electron chi connectivity index (χ3n) is 5.42. The molecule has 138 valence electrons. The van der Waals surface area contributed by atoms with Crippen molar-refractivity contribution in [2.24, 2.45) is 0 Å². The summed E-state index contributed by atoms with van der Waals surface area (Å²) in [5, 5.41) is 0.782. The van der Waals surface area contributed by atoms with Crippen LogP contribution in [0.1, 0.15) is 12.5 Å². The summed E-state index contributed by atoms with van der Waals surface area (Å²) in [6, 6.07) is 6.06. The second-order valence-corrected chi connectivity index (χ2v) is 7.45. The van der Waals surface area contributed by atoms with Gasteiger partial charge in [-0.3, -0.25) is 9.69 Å². The van der Waals surface area contributed by atoms with Crippen molar-refractivity contribution in [1.29, 1.82) is 0 Å². The summed E-state index contributed by atoms with van der Waals surface area (Å²) in [5.41, 5.74) is 2.47. The molecule has 2 saturated heterocycles. The van der Waals surface area contributed by atoms with Gasteiger partial charge in [-0.1, -0.05) is 24.6 Å². The molecule has 2 heterocycles. The van der Waals surface area contributed by atoms with E-state index < -0.39 is 0 Å². The minimum absolute atomic E-state index is 0.281. The van der Waals surface area contributed by atoms with E-state index in [1.54, 1.807) is 0 Å². The molecule has 0 N–H and O–H groups in total. The first kappa shape index (κ1) is 18.5. The lowest BCUT2D eigenvalue weighted by Crippen LogP contribution is -2.53. The molecule has 0 spiro atoms. The van der Waals surface area contributed by atoms with Gasteiger partial charge in [-0.15, -0.1) is 0 Å². The molecule has 5 nitrogen and oxygen atoms in total. The summed E-state index contributed by atoms with van der Waals surface area (Å²) >= 11 is 6.15. The Kier molecular flexibility index (Phi) is 6.20. The molecule has 0 unspecified atom stereocenters. The topological polar surface area (TPSA) is 30.0 Å². The molecule has 25 heavy (non-hydrogen) atoms. The van der Waals surface area contributed by atoms with Crippen LogP contribution in [0.15, 0.2) is 18.2 Å². The zero-order valence-electron chi connectivity index (χ0n) is 15.4. The number of anilines is 1. The molecule has 0 atom stereocenters. The highest BCUT2D eigenvalue weighted by Gasteiger charge is 2.24. The number of piperazine rings is 2. The van der Waals surface area contributed by atoms with Crippen molar-refractivity contribution < 1.29 is 4.79 Å². The van der Waals surface area contributed by atoms with Gasteiger partial charge in [0, 0.05) is 63.1 Å². The Hall–Kier alpha value is -1.30. The molecule has 3 rings (SSSR count). The van der Waals surface area contributed by atoms with Crippen molar-refractivity contribution in [3.05, 3.63) is 28.8 Å². The van der Waals surface area contributed by atoms with Gasteiger partial charge in [0.1, 0.15) is 0 Å². The van der Waals surface area contributed by atoms with E-state index in [1.807, 2.05) is 17.0 Å². The molecular weight excluding hydrogens is 336 g/mol. The van der Waals surface area contributed by atoms with E-state index in [0.717, 1.165) is 63.9 Å². The summed E-state index contributed by atoms with van der Waals surface area (Å²) in [4.78, 5) is 21.6. The molecule has 2 aliphatic rings. The highest BCUT2D eigenvalue weighted by molar-refractivity contribution is 6.30. The van der Waals surface area contributed by atoms with Crippen LogP contribution in [0.5, 0.6) is 0 Å². The first-order valence-electron chi connectivity index (χ1n) is 9.30. The van der Waals surface area contributed by atoms with Gasteiger partial charge in [0.15, 0.2) is 0 Å². The molecule has 0 radical (unpaired) electrons. The summed E-state index contributed by atoms with van der Waals surface area (Å²) < 4.78 is 0. The monoisotopic (exact) mass is 364 g/mol. The van der Waals surface area contributed by atoms with Gasteiger partial charge in [0.2, 0.25) is 5.91 Å². The lowest BCUT2D eigenvalue weighted by molar-refractivity contribution is -0.134. The maximum absolute atomic E-state index is 12.5. The number of aryl methyl sites for hydroxylation is 1. The maximum Gasteiger partial charge on any atom is 0.236 e. The third-order valence-corrected chi connectivity index (χ3v) is 5.65. The quantitative estimate of drug-likeness (QED) is 0.816. The predicted octanol–water partition coefficient (Wildman–Crippen LogP) is 1.93. The van der Waals surface area contributed by atoms with Gasteiger partial charge in [-0.2, -0.15) is 0 Å². The smallest absolute Gasteiger partial charge is 0.236 e. The molecule has 0 bridgehead atoms. The van der Waals surface area contributed by atoms with E-state index in [4.69, 9.17) is 11.6 Å². The predicted molar refractivity (Wildman–Crippen MR) is 104 cm³/mol. The first-order chi connectivity index (χ1) is 12.1. The van der Waals surface area contributed by atoms with Crippen LogP contribution in [-0.4, -0.2) is 86.1 Å². The fraction of sp³-hybridized carbons (Fsp3) is 0.632. The number of benzene rings is 1. The van der Waals surface area contributed by atoms with Crippen molar-refractivity contribution in [2.75, 3.05) is 70.3 Å². The number of carbonyl (C=O) groups is 1. The van der Waals surface area contributed by atoms with Crippen molar-refractivity contribution >= 4 is 23.2 Å². The number of hydrogen-bond acceptors (Lipinski definition) is 4. The molecule has 0 aliphatic carbocycles. The first-order valence-corrected chi connectivity index (χ1v) is 9.68. The molecule has 2 aliphatic heterocycles. The Morgan fingerprint density at radius 2 is 1.64 bits per heavy atom. The van der Waals surface area contributed by atoms with E-state index >= 15 is 0 Å². The number of amides is 1. The van der Waals surface area contributed by atoms with Crippen molar-refractivity contribution in [2.45, 2.75) is 13.8 Å². The Bertz CT molecular complexity index is 593. The van der Waals surface area contributed by atoms with Crippen LogP contribution in [0.4, 0.5) is 5.69 Å². The van der Waals surface area contributed by atoms with Gasteiger partial charge >= 0.3 is 0 Å². The molecule has 0 saturated carbocycles. The van der Waals surface area contributed by atoms with E-state index in [9.17, 15) is 4.79 Å². The van der Waals surface area contributed by atoms with E-state index in [2.05, 4.69) is 34.6 Å². The molecule has 1 aromatic rings. The van der Waals surface area contributed by atoms with E-state index in [-0.39, 0.29) is 5.91 Å². The minimum Gasteiger partial charge on any atom is -0.369 e. The van der Waals surface area contributed by atoms with Crippen LogP contribution in [0.2, 0.25) is 5.02 Å². The van der Waals surface area contributed by atoms with Gasteiger partial charge in [-0.05, 0) is 31.2 Å². The van der Waals surface area contributed by atoms with Crippen molar-refractivity contribution in [1.82, 2.24) is 14.7 Å². The fourth-order valence-electron chi connectivity index (χ4n) is 3.67. The van der Waals surface area contributed by atoms with Gasteiger partial charge < -0.3 is 14.7 Å². The lowest BCUT2D eigenvalue weighted by Gasteiger charge is -2.38. The number of halogens is 1. The summed E-state index contributed by atoms with van der Waals surface area (Å²) in [7, 11) is 0. The van der Waals surface area contributed by atoms with Gasteiger partial charge in [-0.25, -0.2) is 0 Å². The highest BCUT2D eigenvalue weighted by atomic mass is 35.5. The maximum atomic E-state index is 12.5. The number of rotatable bonds is 4. The second-order valence-electron chi connectivity index (χ2n) is 7.01. The number of hydrogen-bond donors (Lipinski definition) is 0. The van der Waals surface area contributed by atoms with Crippen LogP contribution in [0.3, 0.4) is 0 Å². The molecule has 6 heteroatoms. The third kappa shape index (κ3) is 4.66. The van der Waals surface area contributed by atoms with Gasteiger partial charge in [0.25, 0.3) is 0 Å². The van der Waals surface area contributed by atoms with Crippen LogP contribution in [0, 0.1) is 6.92 Å². The number of carbonyl (C=O) groups excluding carboxylic acids is 1. The van der Waals surface area contributed by atoms with Crippen LogP contribution < -0.4 is 4.90 Å². The molecular formula is C19H29ClN4O. The summed E-state index contributed by atoms with van der Waals surface area (Å²) in [5.74, 6) is 0.281. The largest absolute Gasteiger partial charge is 0.369 e. The fourth-order valence-corrected chi connectivity index (χ4v) is 3.84. The Morgan fingerprint density at radius 3 is 2.28 bits per heavy atom. The minimum atomic E-state index is 0.281. The highest BCUT2D eigenvalue weighted by Crippen LogP contribution is 2.25. The zero-order valence-corrected chi connectivity index (χ0v) is 16.1. The molecule has 2 fully saturated rings. The standard InChI is InChI=1S/C19H29ClN4O/c1-3-21-6-12-24(13-7-21)19(25)15-22-8-10-23(11-9-22)18-14-17(20)5-4-16(18)2/h4-5,14H,3,6-13,15H2,1-2H3. The Labute approximate surface area is 156 Å². The average Bonchev–Trinajstić information content (AvgIpc) is 2.64. The van der Waals surface area contributed by atoms with Crippen molar-refractivity contribution in [3.63, 3.8) is 0 Å². The Morgan fingerprint density at radius 1 is 1.00 bits per heavy atom. The molecule has 1 amide bonds. The van der Waals surface area contributed by atoms with Crippen LogP contribution in [0.25, 0.3) is 0 Å². The number of nitrogens with zero attached hydrogens (tertiary/aromatic N) is 4. The molecule has 1 aromatic carbocycles. The normalized spacial score (nSPS) is 20.1. The van der Waals surface area contributed by atoms with E-state index in [0.29, 0.717) is 6.54 Å². The Balaban J connectivity index is 1.48. The van der Waals surface area contributed by atoms with Crippen LogP contribution >= 0.6 is 11.6 Å². The van der Waals surface area contributed by atoms with E-state index in [1.165, 1.54) is 11.3 Å². The number of likely N-dealkylation sites (N-methyl/N-ethyl adjacent to an activating group) is 1. The summed E-state index contributed by atoms with van der Waals surface area (Å²) in [6.07, 6.45) is 0.